The van der Waals surface area contributed by atoms with Gasteiger partial charge >= 0.3 is 5.97 Å². The normalized spacial score (nSPS) is 15.5. The first-order chi connectivity index (χ1) is 9.52. The van der Waals surface area contributed by atoms with E-state index < -0.39 is 5.97 Å². The number of thiophene rings is 1. The van der Waals surface area contributed by atoms with Crippen LogP contribution in [0, 0.1) is 0 Å². The molecule has 1 heterocycles. The molecule has 0 fully saturated rings. The summed E-state index contributed by atoms with van der Waals surface area (Å²) in [5.74, 6) is -0.894. The Labute approximate surface area is 123 Å². The SMILES string of the molecule is CCN(C(=O)c1cc2c(s1)CCCC2)C(C)CC(=O)O. The maximum Gasteiger partial charge on any atom is 0.305 e. The average Bonchev–Trinajstić information content (AvgIpc) is 2.82. The predicted octanol–water partition coefficient (Wildman–Crippen LogP) is 2.95. The van der Waals surface area contributed by atoms with E-state index in [1.165, 1.54) is 23.3 Å². The minimum Gasteiger partial charge on any atom is -0.481 e. The summed E-state index contributed by atoms with van der Waals surface area (Å²) in [5, 5.41) is 8.88. The van der Waals surface area contributed by atoms with Gasteiger partial charge in [0.15, 0.2) is 0 Å². The first kappa shape index (κ1) is 15.0. The van der Waals surface area contributed by atoms with Crippen molar-refractivity contribution >= 4 is 23.2 Å². The van der Waals surface area contributed by atoms with Gasteiger partial charge < -0.3 is 10.0 Å². The topological polar surface area (TPSA) is 57.6 Å². The Hall–Kier alpha value is -1.36. The van der Waals surface area contributed by atoms with Gasteiger partial charge in [0.05, 0.1) is 11.3 Å². The Morgan fingerprint density at radius 3 is 2.70 bits per heavy atom. The molecule has 1 N–H and O–H groups in total. The summed E-state index contributed by atoms with van der Waals surface area (Å²) in [6, 6.07) is 1.74. The van der Waals surface area contributed by atoms with Gasteiger partial charge in [-0.3, -0.25) is 9.59 Å². The van der Waals surface area contributed by atoms with Crippen LogP contribution in [-0.2, 0) is 17.6 Å². The molecule has 0 radical (unpaired) electrons. The van der Waals surface area contributed by atoms with Crippen LogP contribution in [0.5, 0.6) is 0 Å². The molecule has 4 nitrogen and oxygen atoms in total. The fourth-order valence-electron chi connectivity index (χ4n) is 2.76. The molecule has 1 unspecified atom stereocenters. The number of hydrogen-bond donors (Lipinski definition) is 1. The van der Waals surface area contributed by atoms with Crippen molar-refractivity contribution in [2.24, 2.45) is 0 Å². The summed E-state index contributed by atoms with van der Waals surface area (Å²) < 4.78 is 0. The number of carbonyl (C=O) groups excluding carboxylic acids is 1. The Morgan fingerprint density at radius 2 is 2.10 bits per heavy atom. The predicted molar refractivity (Wildman–Crippen MR) is 79.4 cm³/mol. The zero-order valence-corrected chi connectivity index (χ0v) is 12.8. The maximum atomic E-state index is 12.6. The van der Waals surface area contributed by atoms with Gasteiger partial charge in [-0.15, -0.1) is 11.3 Å². The molecule has 1 aliphatic rings. The van der Waals surface area contributed by atoms with Gasteiger partial charge in [-0.25, -0.2) is 0 Å². The van der Waals surface area contributed by atoms with Crippen LogP contribution in [0.2, 0.25) is 0 Å². The van der Waals surface area contributed by atoms with Gasteiger partial charge in [-0.2, -0.15) is 0 Å². The van der Waals surface area contributed by atoms with E-state index in [1.807, 2.05) is 13.0 Å². The van der Waals surface area contributed by atoms with Crippen LogP contribution >= 0.6 is 11.3 Å². The number of aliphatic carboxylic acids is 1. The maximum absolute atomic E-state index is 12.6. The van der Waals surface area contributed by atoms with Crippen LogP contribution in [0.25, 0.3) is 0 Å². The smallest absolute Gasteiger partial charge is 0.305 e. The van der Waals surface area contributed by atoms with Crippen LogP contribution in [0.4, 0.5) is 0 Å². The van der Waals surface area contributed by atoms with Gasteiger partial charge in [-0.05, 0) is 51.2 Å². The second-order valence-corrected chi connectivity index (χ2v) is 6.44. The van der Waals surface area contributed by atoms with Crippen molar-refractivity contribution in [2.75, 3.05) is 6.54 Å². The molecule has 110 valence electrons. The van der Waals surface area contributed by atoms with E-state index in [-0.39, 0.29) is 18.4 Å². The second-order valence-electron chi connectivity index (χ2n) is 5.30. The van der Waals surface area contributed by atoms with Crippen molar-refractivity contribution in [3.8, 4) is 0 Å². The molecule has 20 heavy (non-hydrogen) atoms. The highest BCUT2D eigenvalue weighted by Gasteiger charge is 2.25. The highest BCUT2D eigenvalue weighted by atomic mass is 32.1. The van der Waals surface area contributed by atoms with Gasteiger partial charge in [0.25, 0.3) is 5.91 Å². The average molecular weight is 295 g/mol. The number of amides is 1. The number of carbonyl (C=O) groups is 2. The van der Waals surface area contributed by atoms with Gasteiger partial charge in [0.1, 0.15) is 0 Å². The number of carboxylic acid groups (broad SMARTS) is 1. The molecule has 1 aliphatic carbocycles. The third-order valence-corrected chi connectivity index (χ3v) is 5.04. The molecule has 0 aliphatic heterocycles. The standard InChI is InChI=1S/C15H21NO3S/c1-3-16(10(2)8-14(17)18)15(19)13-9-11-6-4-5-7-12(11)20-13/h9-10H,3-8H2,1-2H3,(H,17,18). The molecule has 0 saturated carbocycles. The van der Waals surface area contributed by atoms with Crippen molar-refractivity contribution in [2.45, 2.75) is 52.0 Å². The highest BCUT2D eigenvalue weighted by molar-refractivity contribution is 7.14. The Bertz CT molecular complexity index is 486. The zero-order chi connectivity index (χ0) is 14.7. The molecule has 0 aromatic carbocycles. The molecule has 0 spiro atoms. The third kappa shape index (κ3) is 3.20. The molecule has 1 aromatic rings. The molecular formula is C15H21NO3S. The van der Waals surface area contributed by atoms with Gasteiger partial charge in [0.2, 0.25) is 0 Å². The van der Waals surface area contributed by atoms with Crippen LogP contribution < -0.4 is 0 Å². The molecule has 1 aromatic heterocycles. The Kier molecular flexibility index (Phi) is 4.81. The number of hydrogen-bond acceptors (Lipinski definition) is 3. The van der Waals surface area contributed by atoms with Crippen molar-refractivity contribution in [1.29, 1.82) is 0 Å². The molecular weight excluding hydrogens is 274 g/mol. The number of nitrogens with zero attached hydrogens (tertiary/aromatic N) is 1. The Balaban J connectivity index is 2.15. The first-order valence-electron chi connectivity index (χ1n) is 7.17. The summed E-state index contributed by atoms with van der Waals surface area (Å²) in [6.45, 7) is 4.22. The van der Waals surface area contributed by atoms with E-state index in [2.05, 4.69) is 0 Å². The molecule has 0 saturated heterocycles. The summed E-state index contributed by atoms with van der Waals surface area (Å²) in [4.78, 5) is 27.1. The zero-order valence-electron chi connectivity index (χ0n) is 12.0. The lowest BCUT2D eigenvalue weighted by molar-refractivity contribution is -0.138. The molecule has 1 atom stereocenters. The van der Waals surface area contributed by atoms with Gasteiger partial charge in [0, 0.05) is 17.5 Å². The number of rotatable bonds is 5. The van der Waals surface area contributed by atoms with Crippen LogP contribution in [0.1, 0.15) is 53.2 Å². The lowest BCUT2D eigenvalue weighted by Gasteiger charge is -2.26. The van der Waals surface area contributed by atoms with Crippen molar-refractivity contribution in [3.63, 3.8) is 0 Å². The fraction of sp³-hybridized carbons (Fsp3) is 0.600. The third-order valence-electron chi connectivity index (χ3n) is 3.81. The monoisotopic (exact) mass is 295 g/mol. The first-order valence-corrected chi connectivity index (χ1v) is 7.99. The number of fused-ring (bicyclic) bond motifs is 1. The van der Waals surface area contributed by atoms with E-state index in [9.17, 15) is 9.59 Å². The van der Waals surface area contributed by atoms with Crippen molar-refractivity contribution < 1.29 is 14.7 Å². The van der Waals surface area contributed by atoms with Gasteiger partial charge in [-0.1, -0.05) is 0 Å². The lowest BCUT2D eigenvalue weighted by Crippen LogP contribution is -2.39. The number of carboxylic acids is 1. The van der Waals surface area contributed by atoms with Crippen LogP contribution in [0.3, 0.4) is 0 Å². The lowest BCUT2D eigenvalue weighted by atomic mass is 9.99. The summed E-state index contributed by atoms with van der Waals surface area (Å²) in [6.07, 6.45) is 4.53. The highest BCUT2D eigenvalue weighted by Crippen LogP contribution is 2.30. The molecule has 1 amide bonds. The quantitative estimate of drug-likeness (QED) is 0.908. The second kappa shape index (κ2) is 6.39. The van der Waals surface area contributed by atoms with Crippen LogP contribution in [0.15, 0.2) is 6.07 Å². The Morgan fingerprint density at radius 1 is 1.40 bits per heavy atom. The summed E-state index contributed by atoms with van der Waals surface area (Å²) >= 11 is 1.58. The minimum absolute atomic E-state index is 0.00926. The van der Waals surface area contributed by atoms with Crippen molar-refractivity contribution in [1.82, 2.24) is 4.90 Å². The summed E-state index contributed by atoms with van der Waals surface area (Å²) in [7, 11) is 0. The van der Waals surface area contributed by atoms with E-state index in [0.29, 0.717) is 6.54 Å². The molecule has 0 bridgehead atoms. The number of aryl methyl sites for hydroxylation is 2. The van der Waals surface area contributed by atoms with E-state index in [0.717, 1.165) is 17.7 Å². The minimum atomic E-state index is -0.866. The molecule has 2 rings (SSSR count). The largest absolute Gasteiger partial charge is 0.481 e. The fourth-order valence-corrected chi connectivity index (χ4v) is 3.97. The summed E-state index contributed by atoms with van der Waals surface area (Å²) in [5.41, 5.74) is 1.31. The van der Waals surface area contributed by atoms with Crippen molar-refractivity contribution in [3.05, 3.63) is 21.4 Å². The van der Waals surface area contributed by atoms with E-state index >= 15 is 0 Å². The molecule has 5 heteroatoms. The van der Waals surface area contributed by atoms with E-state index in [4.69, 9.17) is 5.11 Å². The van der Waals surface area contributed by atoms with Crippen LogP contribution in [-0.4, -0.2) is 34.5 Å². The van der Waals surface area contributed by atoms with E-state index in [1.54, 1.807) is 23.2 Å².